The number of aromatic nitrogens is 1. The molecular weight excluding hydrogens is 340 g/mol. The average Bonchev–Trinajstić information content (AvgIpc) is 2.74. The topological polar surface area (TPSA) is 70.2 Å². The van der Waals surface area contributed by atoms with E-state index < -0.39 is 0 Å². The molecule has 5 heteroatoms. The zero-order valence-corrected chi connectivity index (χ0v) is 14.9. The molecule has 1 N–H and O–H groups in total. The van der Waals surface area contributed by atoms with Gasteiger partial charge in [0.15, 0.2) is 6.29 Å². The molecule has 1 amide bonds. The number of nitrogens with zero attached hydrogens (tertiary/aromatic N) is 1. The molecule has 2 aromatic carbocycles. The molecule has 0 bridgehead atoms. The van der Waals surface area contributed by atoms with Gasteiger partial charge < -0.3 is 9.88 Å². The van der Waals surface area contributed by atoms with Gasteiger partial charge in [0.2, 0.25) is 5.43 Å². The Morgan fingerprint density at radius 3 is 2.48 bits per heavy atom. The van der Waals surface area contributed by atoms with Gasteiger partial charge in [-0.1, -0.05) is 36.4 Å². The highest BCUT2D eigenvalue weighted by molar-refractivity contribution is 6.00. The third-order valence-electron chi connectivity index (χ3n) is 5.36. The summed E-state index contributed by atoms with van der Waals surface area (Å²) in [6.07, 6.45) is 3.91. The minimum atomic E-state index is -0.331. The monoisotopic (exact) mass is 360 g/mol. The fraction of sp³-hybridized carbons (Fsp3) is 0.227. The highest BCUT2D eigenvalue weighted by Gasteiger charge is 2.26. The summed E-state index contributed by atoms with van der Waals surface area (Å²) < 4.78 is 0. The van der Waals surface area contributed by atoms with Crippen LogP contribution in [0.2, 0.25) is 0 Å². The number of hydrogen-bond donors (Lipinski definition) is 1. The standard InChI is InChI=1S/C22H20N2O3/c25-14-17-7-4-8-18-20(17)23-13-19(21(18)26)22(27)24-11-9-16(10-12-24)15-5-2-1-3-6-15/h1-8,13-14,16H,9-12H2,(H,23,26). The number of fused-ring (bicyclic) bond motifs is 1. The number of aldehydes is 1. The van der Waals surface area contributed by atoms with Crippen molar-refractivity contribution in [2.24, 2.45) is 0 Å². The summed E-state index contributed by atoms with van der Waals surface area (Å²) in [6, 6.07) is 15.3. The maximum Gasteiger partial charge on any atom is 0.259 e. The van der Waals surface area contributed by atoms with Gasteiger partial charge in [-0.05, 0) is 36.5 Å². The SMILES string of the molecule is O=Cc1cccc2c(=O)c(C(=O)N3CCC(c4ccccc4)CC3)c[nH]c12. The number of hydrogen-bond acceptors (Lipinski definition) is 3. The van der Waals surface area contributed by atoms with Crippen LogP contribution < -0.4 is 5.43 Å². The Morgan fingerprint density at radius 2 is 1.78 bits per heavy atom. The van der Waals surface area contributed by atoms with E-state index in [1.54, 1.807) is 23.1 Å². The van der Waals surface area contributed by atoms with Crippen molar-refractivity contribution in [1.82, 2.24) is 9.88 Å². The summed E-state index contributed by atoms with van der Waals surface area (Å²) >= 11 is 0. The van der Waals surface area contributed by atoms with Crippen LogP contribution in [0.3, 0.4) is 0 Å². The van der Waals surface area contributed by atoms with E-state index in [0.717, 1.165) is 12.8 Å². The first-order chi connectivity index (χ1) is 13.2. The largest absolute Gasteiger partial charge is 0.360 e. The van der Waals surface area contributed by atoms with E-state index in [0.29, 0.717) is 41.8 Å². The molecule has 136 valence electrons. The highest BCUT2D eigenvalue weighted by Crippen LogP contribution is 2.28. The summed E-state index contributed by atoms with van der Waals surface area (Å²) in [5.41, 5.74) is 1.98. The van der Waals surface area contributed by atoms with Crippen LogP contribution in [0, 0.1) is 0 Å². The van der Waals surface area contributed by atoms with Crippen LogP contribution >= 0.6 is 0 Å². The number of carbonyl (C=O) groups is 2. The predicted molar refractivity (Wildman–Crippen MR) is 104 cm³/mol. The van der Waals surface area contributed by atoms with E-state index in [2.05, 4.69) is 17.1 Å². The van der Waals surface area contributed by atoms with Gasteiger partial charge in [-0.3, -0.25) is 14.4 Å². The number of H-pyrrole nitrogens is 1. The number of para-hydroxylation sites is 1. The number of likely N-dealkylation sites (tertiary alicyclic amines) is 1. The first-order valence-corrected chi connectivity index (χ1v) is 9.13. The van der Waals surface area contributed by atoms with Crippen molar-refractivity contribution in [1.29, 1.82) is 0 Å². The fourth-order valence-corrected chi connectivity index (χ4v) is 3.84. The summed E-state index contributed by atoms with van der Waals surface area (Å²) in [6.45, 7) is 1.26. The van der Waals surface area contributed by atoms with Crippen LogP contribution in [0.5, 0.6) is 0 Å². The summed E-state index contributed by atoms with van der Waals surface area (Å²) in [5.74, 6) is 0.196. The lowest BCUT2D eigenvalue weighted by Crippen LogP contribution is -2.40. The summed E-state index contributed by atoms with van der Waals surface area (Å²) in [5, 5.41) is 0.365. The Kier molecular flexibility index (Phi) is 4.59. The van der Waals surface area contributed by atoms with Gasteiger partial charge >= 0.3 is 0 Å². The second-order valence-electron chi connectivity index (χ2n) is 6.90. The van der Waals surface area contributed by atoms with E-state index >= 15 is 0 Å². The first-order valence-electron chi connectivity index (χ1n) is 9.13. The first kappa shape index (κ1) is 17.2. The van der Waals surface area contributed by atoms with E-state index in [4.69, 9.17) is 0 Å². The molecule has 1 fully saturated rings. The molecule has 0 radical (unpaired) electrons. The lowest BCUT2D eigenvalue weighted by molar-refractivity contribution is 0.0711. The number of amides is 1. The molecule has 0 atom stereocenters. The van der Waals surface area contributed by atoms with Crippen LogP contribution in [0.25, 0.3) is 10.9 Å². The Morgan fingerprint density at radius 1 is 1.04 bits per heavy atom. The Hall–Kier alpha value is -3.21. The minimum Gasteiger partial charge on any atom is -0.360 e. The zero-order chi connectivity index (χ0) is 18.8. The van der Waals surface area contributed by atoms with Gasteiger partial charge in [-0.25, -0.2) is 0 Å². The third-order valence-corrected chi connectivity index (χ3v) is 5.36. The van der Waals surface area contributed by atoms with Crippen LogP contribution in [0.4, 0.5) is 0 Å². The van der Waals surface area contributed by atoms with E-state index in [1.807, 2.05) is 18.2 Å². The number of pyridine rings is 1. The number of carbonyl (C=O) groups excluding carboxylic acids is 2. The van der Waals surface area contributed by atoms with Crippen LogP contribution in [0.15, 0.2) is 59.5 Å². The highest BCUT2D eigenvalue weighted by atomic mass is 16.2. The Bertz CT molecular complexity index is 1050. The lowest BCUT2D eigenvalue weighted by Gasteiger charge is -2.32. The molecule has 2 heterocycles. The lowest BCUT2D eigenvalue weighted by atomic mass is 9.89. The van der Waals surface area contributed by atoms with Crippen molar-refractivity contribution in [3.63, 3.8) is 0 Å². The average molecular weight is 360 g/mol. The zero-order valence-electron chi connectivity index (χ0n) is 14.9. The number of aromatic amines is 1. The molecular formula is C22H20N2O3. The second kappa shape index (κ2) is 7.19. The Balaban J connectivity index is 1.56. The van der Waals surface area contributed by atoms with E-state index in [1.165, 1.54) is 11.8 Å². The number of benzene rings is 2. The molecule has 0 saturated carbocycles. The molecule has 5 nitrogen and oxygen atoms in total. The van der Waals surface area contributed by atoms with E-state index in [9.17, 15) is 14.4 Å². The van der Waals surface area contributed by atoms with Crippen molar-refractivity contribution in [2.75, 3.05) is 13.1 Å². The molecule has 1 saturated heterocycles. The normalized spacial score (nSPS) is 15.0. The van der Waals surface area contributed by atoms with Gasteiger partial charge in [0, 0.05) is 30.2 Å². The molecule has 3 aromatic rings. The third kappa shape index (κ3) is 3.16. The molecule has 0 unspecified atom stereocenters. The molecule has 1 aliphatic rings. The van der Waals surface area contributed by atoms with Gasteiger partial charge in [0.25, 0.3) is 5.91 Å². The maximum atomic E-state index is 12.9. The maximum absolute atomic E-state index is 12.9. The van der Waals surface area contributed by atoms with Gasteiger partial charge in [0.05, 0.1) is 5.52 Å². The Labute approximate surface area is 156 Å². The van der Waals surface area contributed by atoms with Gasteiger partial charge in [0.1, 0.15) is 5.56 Å². The minimum absolute atomic E-state index is 0.128. The number of nitrogens with one attached hydrogen (secondary N) is 1. The molecule has 27 heavy (non-hydrogen) atoms. The molecule has 1 aromatic heterocycles. The van der Waals surface area contributed by atoms with Crippen LogP contribution in [0.1, 0.15) is 45.0 Å². The van der Waals surface area contributed by atoms with Crippen molar-refractivity contribution < 1.29 is 9.59 Å². The van der Waals surface area contributed by atoms with Gasteiger partial charge in [-0.2, -0.15) is 0 Å². The second-order valence-corrected chi connectivity index (χ2v) is 6.90. The number of rotatable bonds is 3. The number of piperidine rings is 1. The fourth-order valence-electron chi connectivity index (χ4n) is 3.84. The van der Waals surface area contributed by atoms with Crippen molar-refractivity contribution >= 4 is 23.1 Å². The van der Waals surface area contributed by atoms with Crippen LogP contribution in [-0.2, 0) is 0 Å². The van der Waals surface area contributed by atoms with Crippen molar-refractivity contribution in [3.05, 3.63) is 81.6 Å². The molecule has 0 aliphatic carbocycles. The smallest absolute Gasteiger partial charge is 0.259 e. The molecule has 0 spiro atoms. The predicted octanol–water partition coefficient (Wildman–Crippen LogP) is 3.36. The van der Waals surface area contributed by atoms with Gasteiger partial charge in [-0.15, -0.1) is 0 Å². The summed E-state index contributed by atoms with van der Waals surface area (Å²) in [4.78, 5) is 41.5. The quantitative estimate of drug-likeness (QED) is 0.728. The van der Waals surface area contributed by atoms with Crippen molar-refractivity contribution in [2.45, 2.75) is 18.8 Å². The van der Waals surface area contributed by atoms with Crippen molar-refractivity contribution in [3.8, 4) is 0 Å². The molecule has 1 aliphatic heterocycles. The summed E-state index contributed by atoms with van der Waals surface area (Å²) in [7, 11) is 0. The van der Waals surface area contributed by atoms with E-state index in [-0.39, 0.29) is 16.9 Å². The van der Waals surface area contributed by atoms with Crippen LogP contribution in [-0.4, -0.2) is 35.2 Å². The molecule has 4 rings (SSSR count).